The number of esters is 2. The molecule has 7 N–H and O–H groups in total. The van der Waals surface area contributed by atoms with Crippen LogP contribution < -0.4 is 0 Å². The number of unbranched alkanes of at least 4 members (excludes halogenated alkanes) is 19. The topological polar surface area (TPSA) is 231 Å². The zero-order valence-electron chi connectivity index (χ0n) is 42.3. The fourth-order valence-electron chi connectivity index (χ4n) is 8.21. The fraction of sp³-hybridized carbons (Fsp3) is 0.815. The average molecular weight is 983 g/mol. The molecule has 2 saturated heterocycles. The first kappa shape index (κ1) is 62.6. The Hall–Kier alpha value is -2.54. The molecule has 0 aromatic rings. The lowest BCUT2D eigenvalue weighted by molar-refractivity contribution is -0.332. The maximum atomic E-state index is 13.0. The number of hydrogen-bond acceptors (Lipinski definition) is 15. The predicted molar refractivity (Wildman–Crippen MR) is 266 cm³/mol. The maximum absolute atomic E-state index is 13.0. The van der Waals surface area contributed by atoms with E-state index in [9.17, 15) is 45.3 Å². The van der Waals surface area contributed by atoms with Crippen molar-refractivity contribution >= 4 is 11.9 Å². The summed E-state index contributed by atoms with van der Waals surface area (Å²) in [5.41, 5.74) is 0. The molecule has 4 unspecified atom stereocenters. The largest absolute Gasteiger partial charge is 0.462 e. The molecule has 0 aliphatic carbocycles. The van der Waals surface area contributed by atoms with E-state index in [1.165, 1.54) is 89.9 Å². The summed E-state index contributed by atoms with van der Waals surface area (Å²) in [6.07, 6.45) is 28.6. The second-order valence-electron chi connectivity index (χ2n) is 18.7. The molecule has 0 aromatic carbocycles. The zero-order valence-corrected chi connectivity index (χ0v) is 42.3. The van der Waals surface area contributed by atoms with Gasteiger partial charge in [-0.2, -0.15) is 0 Å². The lowest BCUT2D eigenvalue weighted by Gasteiger charge is -2.42. The predicted octanol–water partition coefficient (Wildman–Crippen LogP) is 7.88. The number of carbonyl (C=O) groups excluding carboxylic acids is 2. The van der Waals surface area contributed by atoms with E-state index >= 15 is 0 Å². The molecule has 0 radical (unpaired) electrons. The minimum absolute atomic E-state index is 0.158. The molecule has 0 aromatic heterocycles. The van der Waals surface area contributed by atoms with Gasteiger partial charge in [-0.3, -0.25) is 9.59 Å². The minimum Gasteiger partial charge on any atom is -0.462 e. The van der Waals surface area contributed by atoms with E-state index in [0.29, 0.717) is 12.8 Å². The van der Waals surface area contributed by atoms with Crippen molar-refractivity contribution in [2.75, 3.05) is 26.4 Å². The molecule has 2 rings (SSSR count). The molecule has 69 heavy (non-hydrogen) atoms. The van der Waals surface area contributed by atoms with Crippen molar-refractivity contribution in [3.8, 4) is 0 Å². The highest BCUT2D eigenvalue weighted by atomic mass is 16.7. The van der Waals surface area contributed by atoms with E-state index in [4.69, 9.17) is 28.4 Å². The standard InChI is InChI=1S/C54H94O15/c1-3-5-7-9-11-13-15-17-19-20-21-23-25-27-29-31-33-35-37-46(57)67-42(39-64-45(56)36-34-32-30-28-26-24-22-18-16-14-12-10-8-6-4-2)40-65-53-52(63)50(61)48(59)44(69-53)41-66-54-51(62)49(60)47(58)43(38-55)68-54/h6,8,12,14,18,22,26,28,42-44,47-55,58-63H,3-5,7,9-11,13,15-17,19-21,23-25,27,29-41H2,1-2H3/b8-6+,14-12+,22-18+,28-26+/t42-,43+,44+,47-,48-,49?,50?,51?,52?,53+,54+/m1/s1. The van der Waals surface area contributed by atoms with Gasteiger partial charge in [-0.1, -0.05) is 172 Å². The van der Waals surface area contributed by atoms with Gasteiger partial charge in [-0.15, -0.1) is 0 Å². The summed E-state index contributed by atoms with van der Waals surface area (Å²) in [5.74, 6) is -0.969. The Bertz CT molecular complexity index is 1390. The van der Waals surface area contributed by atoms with Crippen LogP contribution >= 0.6 is 0 Å². The number of rotatable bonds is 41. The van der Waals surface area contributed by atoms with E-state index < -0.39 is 99.3 Å². The first-order valence-electron chi connectivity index (χ1n) is 26.7. The highest BCUT2D eigenvalue weighted by Crippen LogP contribution is 2.26. The number of aliphatic hydroxyl groups is 7. The molecule has 0 amide bonds. The highest BCUT2D eigenvalue weighted by molar-refractivity contribution is 5.70. The number of hydrogen-bond donors (Lipinski definition) is 7. The Labute approximate surface area is 414 Å². The summed E-state index contributed by atoms with van der Waals surface area (Å²) in [5, 5.41) is 72.1. The Morgan fingerprint density at radius 2 is 0.913 bits per heavy atom. The van der Waals surface area contributed by atoms with Crippen LogP contribution in [0.15, 0.2) is 48.6 Å². The van der Waals surface area contributed by atoms with E-state index in [1.807, 2.05) is 0 Å². The summed E-state index contributed by atoms with van der Waals surface area (Å²) >= 11 is 0. The van der Waals surface area contributed by atoms with Crippen LogP contribution in [0, 0.1) is 0 Å². The van der Waals surface area contributed by atoms with Crippen molar-refractivity contribution < 1.29 is 73.8 Å². The van der Waals surface area contributed by atoms with Crippen LogP contribution in [0.2, 0.25) is 0 Å². The molecule has 11 atom stereocenters. The number of allylic oxidation sites excluding steroid dienone is 8. The van der Waals surface area contributed by atoms with Gasteiger partial charge in [-0.25, -0.2) is 0 Å². The van der Waals surface area contributed by atoms with E-state index in [1.54, 1.807) is 0 Å². The molecule has 2 aliphatic heterocycles. The Morgan fingerprint density at radius 1 is 0.478 bits per heavy atom. The van der Waals surface area contributed by atoms with Crippen LogP contribution in [0.25, 0.3) is 0 Å². The van der Waals surface area contributed by atoms with Crippen molar-refractivity contribution in [1.82, 2.24) is 0 Å². The van der Waals surface area contributed by atoms with Crippen molar-refractivity contribution in [2.24, 2.45) is 0 Å². The van der Waals surface area contributed by atoms with Crippen LogP contribution in [-0.2, 0) is 38.0 Å². The highest BCUT2D eigenvalue weighted by Gasteiger charge is 2.47. The molecule has 0 bridgehead atoms. The van der Waals surface area contributed by atoms with Gasteiger partial charge in [0.05, 0.1) is 19.8 Å². The average Bonchev–Trinajstić information content (AvgIpc) is 3.34. The summed E-state index contributed by atoms with van der Waals surface area (Å²) in [4.78, 5) is 25.8. The lowest BCUT2D eigenvalue weighted by Crippen LogP contribution is -2.61. The van der Waals surface area contributed by atoms with Crippen molar-refractivity contribution in [3.63, 3.8) is 0 Å². The van der Waals surface area contributed by atoms with E-state index in [-0.39, 0.29) is 19.4 Å². The molecular formula is C54H94O15. The molecule has 15 heteroatoms. The SMILES string of the molecule is CC/C=C/C/C=C/C/C=C/C/C=C/CCCCC(=O)OC[C@H](CO[C@H]1O[C@@H](CO[C@H]2O[C@@H](CO)[C@@H](O)C(O)C2O)[C@@H](O)C(O)C1O)OC(=O)CCCCCCCCCCCCCCCCCCCC. The van der Waals surface area contributed by atoms with Gasteiger partial charge in [0.2, 0.25) is 0 Å². The van der Waals surface area contributed by atoms with Crippen LogP contribution in [0.1, 0.15) is 187 Å². The number of aliphatic hydroxyl groups excluding tert-OH is 7. The number of carbonyl (C=O) groups is 2. The first-order valence-corrected chi connectivity index (χ1v) is 26.7. The molecule has 400 valence electrons. The quantitative estimate of drug-likeness (QED) is 0.0176. The molecule has 2 heterocycles. The van der Waals surface area contributed by atoms with Gasteiger partial charge in [0.25, 0.3) is 0 Å². The Balaban J connectivity index is 1.80. The van der Waals surface area contributed by atoms with Crippen LogP contribution in [0.4, 0.5) is 0 Å². The summed E-state index contributed by atoms with van der Waals surface area (Å²) in [6, 6.07) is 0. The summed E-state index contributed by atoms with van der Waals surface area (Å²) in [6.45, 7) is 2.45. The fourth-order valence-corrected chi connectivity index (χ4v) is 8.21. The van der Waals surface area contributed by atoms with Gasteiger partial charge in [0.15, 0.2) is 18.7 Å². The molecule has 0 saturated carbocycles. The van der Waals surface area contributed by atoms with Crippen LogP contribution in [0.3, 0.4) is 0 Å². The monoisotopic (exact) mass is 983 g/mol. The molecule has 15 nitrogen and oxygen atoms in total. The van der Waals surface area contributed by atoms with Crippen molar-refractivity contribution in [3.05, 3.63) is 48.6 Å². The van der Waals surface area contributed by atoms with Gasteiger partial charge < -0.3 is 64.2 Å². The summed E-state index contributed by atoms with van der Waals surface area (Å²) < 4.78 is 33.6. The number of ether oxygens (including phenoxy) is 6. The van der Waals surface area contributed by atoms with E-state index in [2.05, 4.69) is 62.5 Å². The Kier molecular flexibility index (Phi) is 37.2. The first-order chi connectivity index (χ1) is 33.5. The van der Waals surface area contributed by atoms with Crippen LogP contribution in [-0.4, -0.2) is 142 Å². The zero-order chi connectivity index (χ0) is 50.3. The second-order valence-corrected chi connectivity index (χ2v) is 18.7. The van der Waals surface area contributed by atoms with Gasteiger partial charge in [-0.05, 0) is 51.4 Å². The third kappa shape index (κ3) is 28.9. The van der Waals surface area contributed by atoms with Crippen molar-refractivity contribution in [1.29, 1.82) is 0 Å². The minimum atomic E-state index is -1.77. The maximum Gasteiger partial charge on any atom is 0.306 e. The van der Waals surface area contributed by atoms with Crippen LogP contribution in [0.5, 0.6) is 0 Å². The summed E-state index contributed by atoms with van der Waals surface area (Å²) in [7, 11) is 0. The Morgan fingerprint density at radius 3 is 1.43 bits per heavy atom. The normalized spacial score (nSPS) is 25.9. The third-order valence-electron chi connectivity index (χ3n) is 12.6. The molecule has 0 spiro atoms. The van der Waals surface area contributed by atoms with Gasteiger partial charge in [0.1, 0.15) is 55.4 Å². The van der Waals surface area contributed by atoms with Crippen molar-refractivity contribution in [2.45, 2.75) is 255 Å². The molecule has 2 fully saturated rings. The second kappa shape index (κ2) is 41.0. The van der Waals surface area contributed by atoms with Gasteiger partial charge >= 0.3 is 11.9 Å². The lowest BCUT2D eigenvalue weighted by atomic mass is 9.98. The smallest absolute Gasteiger partial charge is 0.306 e. The molecular weight excluding hydrogens is 889 g/mol. The van der Waals surface area contributed by atoms with E-state index in [0.717, 1.165) is 57.8 Å². The van der Waals surface area contributed by atoms with Gasteiger partial charge in [0, 0.05) is 12.8 Å². The third-order valence-corrected chi connectivity index (χ3v) is 12.6. The molecule has 2 aliphatic rings.